The predicted molar refractivity (Wildman–Crippen MR) is 101 cm³/mol. The van der Waals surface area contributed by atoms with Crippen LogP contribution in [0.2, 0.25) is 10.0 Å². The van der Waals surface area contributed by atoms with Crippen LogP contribution in [-0.4, -0.2) is 23.9 Å². The second kappa shape index (κ2) is 7.40. The number of rotatable bonds is 4. The van der Waals surface area contributed by atoms with Gasteiger partial charge in [0, 0.05) is 7.05 Å². The van der Waals surface area contributed by atoms with Crippen molar-refractivity contribution in [2.24, 2.45) is 0 Å². The van der Waals surface area contributed by atoms with Gasteiger partial charge >= 0.3 is 6.03 Å². The average molecular weight is 391 g/mol. The van der Waals surface area contributed by atoms with Gasteiger partial charge in [0.05, 0.1) is 10.0 Å². The van der Waals surface area contributed by atoms with Gasteiger partial charge in [-0.25, -0.2) is 4.79 Å². The van der Waals surface area contributed by atoms with Crippen LogP contribution < -0.4 is 10.1 Å². The number of nitrogens with zero attached hydrogens (tertiary/aromatic N) is 1. The van der Waals surface area contributed by atoms with Gasteiger partial charge in [0.1, 0.15) is 12.3 Å². The van der Waals surface area contributed by atoms with E-state index < -0.39 is 11.9 Å². The molecule has 5 nitrogen and oxygen atoms in total. The number of aryl methyl sites for hydroxylation is 1. The summed E-state index contributed by atoms with van der Waals surface area (Å²) in [5, 5.41) is 3.13. The molecule has 0 unspecified atom stereocenters. The molecule has 134 valence electrons. The highest BCUT2D eigenvalue weighted by Gasteiger charge is 2.30. The van der Waals surface area contributed by atoms with Crippen LogP contribution in [-0.2, 0) is 11.4 Å². The molecular formula is C19H16Cl2N2O3. The Morgan fingerprint density at radius 1 is 1.15 bits per heavy atom. The Hall–Kier alpha value is -2.50. The maximum atomic E-state index is 11.9. The zero-order valence-corrected chi connectivity index (χ0v) is 15.7. The van der Waals surface area contributed by atoms with Crippen molar-refractivity contribution in [3.05, 3.63) is 68.8 Å². The Labute approximate surface area is 161 Å². The van der Waals surface area contributed by atoms with Gasteiger partial charge in [0.25, 0.3) is 5.91 Å². The number of likely N-dealkylation sites (N-methyl/N-ethyl adjacent to an activating group) is 1. The quantitative estimate of drug-likeness (QED) is 0.621. The third kappa shape index (κ3) is 3.84. The van der Waals surface area contributed by atoms with Crippen molar-refractivity contribution in [1.82, 2.24) is 10.2 Å². The zero-order chi connectivity index (χ0) is 18.8. The number of ether oxygens (including phenoxy) is 1. The number of urea groups is 1. The molecule has 3 amide bonds. The summed E-state index contributed by atoms with van der Waals surface area (Å²) in [5.41, 5.74) is 2.89. The van der Waals surface area contributed by atoms with Gasteiger partial charge in [-0.15, -0.1) is 0 Å². The maximum Gasteiger partial charge on any atom is 0.328 e. The van der Waals surface area contributed by atoms with Crippen molar-refractivity contribution in [1.29, 1.82) is 0 Å². The highest BCUT2D eigenvalue weighted by Crippen LogP contribution is 2.35. The van der Waals surface area contributed by atoms with Crippen LogP contribution in [0, 0.1) is 6.92 Å². The lowest BCUT2D eigenvalue weighted by Gasteiger charge is -2.11. The van der Waals surface area contributed by atoms with Gasteiger partial charge in [0.15, 0.2) is 5.75 Å². The molecule has 26 heavy (non-hydrogen) atoms. The van der Waals surface area contributed by atoms with E-state index in [9.17, 15) is 9.59 Å². The molecule has 1 saturated heterocycles. The van der Waals surface area contributed by atoms with E-state index in [1.54, 1.807) is 12.1 Å². The van der Waals surface area contributed by atoms with Crippen molar-refractivity contribution in [2.45, 2.75) is 13.5 Å². The van der Waals surface area contributed by atoms with Crippen molar-refractivity contribution >= 4 is 41.2 Å². The molecule has 1 aliphatic rings. The number of hydrogen-bond acceptors (Lipinski definition) is 3. The van der Waals surface area contributed by atoms with Crippen molar-refractivity contribution < 1.29 is 14.3 Å². The fourth-order valence-electron chi connectivity index (χ4n) is 2.55. The summed E-state index contributed by atoms with van der Waals surface area (Å²) in [5.74, 6) is -0.0436. The second-order valence-electron chi connectivity index (χ2n) is 5.94. The SMILES string of the molecule is Cc1cccc(COc2c(Cl)cc(/C=C3/NC(=O)N(C)C3=O)cc2Cl)c1. The Morgan fingerprint density at radius 2 is 1.85 bits per heavy atom. The fourth-order valence-corrected chi connectivity index (χ4v) is 3.16. The number of carbonyl (C=O) groups is 2. The molecule has 0 aromatic heterocycles. The van der Waals surface area contributed by atoms with Crippen LogP contribution in [0.15, 0.2) is 42.1 Å². The van der Waals surface area contributed by atoms with Gasteiger partial charge in [0.2, 0.25) is 0 Å². The van der Waals surface area contributed by atoms with Crippen LogP contribution in [0.5, 0.6) is 5.75 Å². The Balaban J connectivity index is 1.80. The predicted octanol–water partition coefficient (Wildman–Crippen LogP) is 4.40. The number of carbonyl (C=O) groups excluding carboxylic acids is 2. The molecule has 0 spiro atoms. The van der Waals surface area contributed by atoms with E-state index in [0.29, 0.717) is 28.0 Å². The first-order valence-corrected chi connectivity index (χ1v) is 8.59. The lowest BCUT2D eigenvalue weighted by atomic mass is 10.1. The van der Waals surface area contributed by atoms with Crippen LogP contribution in [0.1, 0.15) is 16.7 Å². The van der Waals surface area contributed by atoms with Crippen LogP contribution in [0.3, 0.4) is 0 Å². The number of imide groups is 1. The topological polar surface area (TPSA) is 58.6 Å². The third-order valence-corrected chi connectivity index (χ3v) is 4.44. The van der Waals surface area contributed by atoms with Crippen molar-refractivity contribution in [3.63, 3.8) is 0 Å². The standard InChI is InChI=1S/C19H16Cl2N2O3/c1-11-4-3-5-12(6-11)10-26-17-14(20)7-13(8-15(17)21)9-16-18(24)23(2)19(25)22-16/h3-9H,10H2,1-2H3,(H,22,25)/b16-9+. The molecule has 1 aliphatic heterocycles. The summed E-state index contributed by atoms with van der Waals surface area (Å²) in [4.78, 5) is 24.4. The molecule has 0 radical (unpaired) electrons. The van der Waals surface area contributed by atoms with Gasteiger partial charge in [-0.05, 0) is 36.3 Å². The van der Waals surface area contributed by atoms with Gasteiger partial charge in [-0.1, -0.05) is 53.0 Å². The maximum absolute atomic E-state index is 11.9. The molecule has 2 aromatic rings. The van der Waals surface area contributed by atoms with Gasteiger partial charge < -0.3 is 10.1 Å². The smallest absolute Gasteiger partial charge is 0.328 e. The molecule has 2 aromatic carbocycles. The second-order valence-corrected chi connectivity index (χ2v) is 6.76. The summed E-state index contributed by atoms with van der Waals surface area (Å²) in [6.07, 6.45) is 1.52. The molecule has 3 rings (SSSR count). The largest absolute Gasteiger partial charge is 0.486 e. The van der Waals surface area contributed by atoms with E-state index in [0.717, 1.165) is 16.0 Å². The zero-order valence-electron chi connectivity index (χ0n) is 14.2. The lowest BCUT2D eigenvalue weighted by Crippen LogP contribution is -2.25. The minimum atomic E-state index is -0.475. The average Bonchev–Trinajstić information content (AvgIpc) is 2.81. The molecule has 7 heteroatoms. The monoisotopic (exact) mass is 390 g/mol. The molecule has 0 aliphatic carbocycles. The Morgan fingerprint density at radius 3 is 2.42 bits per heavy atom. The molecule has 0 atom stereocenters. The summed E-state index contributed by atoms with van der Waals surface area (Å²) < 4.78 is 5.76. The summed E-state index contributed by atoms with van der Waals surface area (Å²) in [6.45, 7) is 2.34. The van der Waals surface area contributed by atoms with Gasteiger partial charge in [-0.2, -0.15) is 0 Å². The molecule has 0 saturated carbocycles. The number of benzene rings is 2. The van der Waals surface area contributed by atoms with Crippen molar-refractivity contribution in [2.75, 3.05) is 7.05 Å². The molecule has 0 bridgehead atoms. The lowest BCUT2D eigenvalue weighted by molar-refractivity contribution is -0.121. The highest BCUT2D eigenvalue weighted by molar-refractivity contribution is 6.37. The Bertz CT molecular complexity index is 902. The van der Waals surface area contributed by atoms with Crippen LogP contribution in [0.4, 0.5) is 4.79 Å². The van der Waals surface area contributed by atoms with Crippen LogP contribution >= 0.6 is 23.2 Å². The fraction of sp³-hybridized carbons (Fsp3) is 0.158. The molecule has 1 N–H and O–H groups in total. The van der Waals surface area contributed by atoms with Crippen LogP contribution in [0.25, 0.3) is 6.08 Å². The van der Waals surface area contributed by atoms with Gasteiger partial charge in [-0.3, -0.25) is 9.69 Å². The number of amides is 3. The van der Waals surface area contributed by atoms with E-state index in [-0.39, 0.29) is 5.70 Å². The minimum Gasteiger partial charge on any atom is -0.486 e. The third-order valence-electron chi connectivity index (χ3n) is 3.88. The van der Waals surface area contributed by atoms with E-state index in [2.05, 4.69) is 5.32 Å². The molecule has 1 fully saturated rings. The van der Waals surface area contributed by atoms with E-state index in [1.807, 2.05) is 31.2 Å². The summed E-state index contributed by atoms with van der Waals surface area (Å²) in [6, 6.07) is 10.7. The van der Waals surface area contributed by atoms with E-state index in [4.69, 9.17) is 27.9 Å². The first-order chi connectivity index (χ1) is 12.3. The van der Waals surface area contributed by atoms with E-state index in [1.165, 1.54) is 13.1 Å². The minimum absolute atomic E-state index is 0.165. The molecular weight excluding hydrogens is 375 g/mol. The van der Waals surface area contributed by atoms with E-state index >= 15 is 0 Å². The van der Waals surface area contributed by atoms with Crippen molar-refractivity contribution in [3.8, 4) is 5.75 Å². The molecule has 1 heterocycles. The first-order valence-electron chi connectivity index (χ1n) is 7.83. The number of halogens is 2. The summed E-state index contributed by atoms with van der Waals surface area (Å²) >= 11 is 12.6. The number of hydrogen-bond donors (Lipinski definition) is 1. The normalized spacial score (nSPS) is 15.5. The first kappa shape index (κ1) is 18.3. The summed E-state index contributed by atoms with van der Waals surface area (Å²) in [7, 11) is 1.40. The highest BCUT2D eigenvalue weighted by atomic mass is 35.5. The number of nitrogens with one attached hydrogen (secondary N) is 1. The Kier molecular flexibility index (Phi) is 5.20.